The van der Waals surface area contributed by atoms with Gasteiger partial charge in [-0.25, -0.2) is 0 Å². The van der Waals surface area contributed by atoms with Crippen LogP contribution in [0.2, 0.25) is 10.0 Å². The summed E-state index contributed by atoms with van der Waals surface area (Å²) >= 11 is 11.8. The second-order valence-electron chi connectivity index (χ2n) is 4.52. The quantitative estimate of drug-likeness (QED) is 0.597. The van der Waals surface area contributed by atoms with Crippen molar-refractivity contribution in [3.63, 3.8) is 0 Å². The van der Waals surface area contributed by atoms with Gasteiger partial charge < -0.3 is 5.32 Å². The molecule has 0 unspecified atom stereocenters. The van der Waals surface area contributed by atoms with E-state index in [9.17, 15) is 0 Å². The molecule has 3 nitrogen and oxygen atoms in total. The molecule has 112 valence electrons. The number of allylic oxidation sites excluding steroid dienone is 3. The molecule has 0 heterocycles. The van der Waals surface area contributed by atoms with E-state index in [1.807, 2.05) is 36.4 Å². The highest BCUT2D eigenvalue weighted by Gasteiger charge is 2.03. The fourth-order valence-electron chi connectivity index (χ4n) is 1.79. The maximum atomic E-state index is 8.84. The van der Waals surface area contributed by atoms with Crippen molar-refractivity contribution >= 4 is 34.6 Å². The first-order chi connectivity index (χ1) is 11.1. The Labute approximate surface area is 144 Å². The van der Waals surface area contributed by atoms with Gasteiger partial charge in [0.05, 0.1) is 0 Å². The molecule has 2 rings (SSSR count). The second kappa shape index (κ2) is 8.06. The number of anilines is 1. The fraction of sp³-hybridized carbons (Fsp3) is 0. The molecule has 0 aliphatic rings. The summed E-state index contributed by atoms with van der Waals surface area (Å²) in [6.45, 7) is 0. The van der Waals surface area contributed by atoms with Crippen LogP contribution >= 0.6 is 23.2 Å². The van der Waals surface area contributed by atoms with Gasteiger partial charge in [-0.1, -0.05) is 35.3 Å². The maximum Gasteiger partial charge on any atom is 0.129 e. The molecule has 2 aromatic carbocycles. The van der Waals surface area contributed by atoms with Crippen molar-refractivity contribution < 1.29 is 0 Å². The first kappa shape index (κ1) is 16.6. The summed E-state index contributed by atoms with van der Waals surface area (Å²) < 4.78 is 0. The van der Waals surface area contributed by atoms with Crippen LogP contribution in [0.1, 0.15) is 5.56 Å². The highest BCUT2D eigenvalue weighted by atomic mass is 35.5. The Morgan fingerprint density at radius 3 is 1.87 bits per heavy atom. The van der Waals surface area contributed by atoms with E-state index in [4.69, 9.17) is 33.7 Å². The van der Waals surface area contributed by atoms with Crippen LogP contribution in [-0.2, 0) is 0 Å². The number of nitrogens with zero attached hydrogens (tertiary/aromatic N) is 2. The number of rotatable bonds is 4. The van der Waals surface area contributed by atoms with Gasteiger partial charge in [0.2, 0.25) is 0 Å². The normalized spacial score (nSPS) is 10.3. The minimum absolute atomic E-state index is 0.0226. The van der Waals surface area contributed by atoms with Gasteiger partial charge >= 0.3 is 0 Å². The second-order valence-corrected chi connectivity index (χ2v) is 5.40. The molecule has 0 aliphatic carbocycles. The van der Waals surface area contributed by atoms with E-state index in [0.29, 0.717) is 10.0 Å². The molecule has 2 aromatic rings. The minimum atomic E-state index is 0.0226. The number of hydrogen-bond acceptors (Lipinski definition) is 3. The molecular formula is C18H11Cl2N3. The van der Waals surface area contributed by atoms with Crippen LogP contribution in [-0.4, -0.2) is 0 Å². The predicted molar refractivity (Wildman–Crippen MR) is 93.8 cm³/mol. The van der Waals surface area contributed by atoms with E-state index in [2.05, 4.69) is 5.32 Å². The third-order valence-corrected chi connectivity index (χ3v) is 3.44. The molecule has 0 bridgehead atoms. The first-order valence-electron chi connectivity index (χ1n) is 6.63. The lowest BCUT2D eigenvalue weighted by atomic mass is 10.1. The molecule has 0 atom stereocenters. The summed E-state index contributed by atoms with van der Waals surface area (Å²) in [6.07, 6.45) is 3.15. The van der Waals surface area contributed by atoms with Crippen molar-refractivity contribution in [3.05, 3.63) is 81.9 Å². The van der Waals surface area contributed by atoms with Crippen molar-refractivity contribution in [2.24, 2.45) is 0 Å². The predicted octanol–water partition coefficient (Wildman–Crippen LogP) is 5.42. The fourth-order valence-corrected chi connectivity index (χ4v) is 2.05. The smallest absolute Gasteiger partial charge is 0.129 e. The van der Waals surface area contributed by atoms with Crippen molar-refractivity contribution in [1.82, 2.24) is 0 Å². The zero-order chi connectivity index (χ0) is 16.7. The third-order valence-electron chi connectivity index (χ3n) is 2.94. The number of halogens is 2. The van der Waals surface area contributed by atoms with Gasteiger partial charge in [0.25, 0.3) is 0 Å². The van der Waals surface area contributed by atoms with Crippen molar-refractivity contribution in [2.75, 3.05) is 5.32 Å². The summed E-state index contributed by atoms with van der Waals surface area (Å²) in [5.41, 5.74) is 2.46. The van der Waals surface area contributed by atoms with Gasteiger partial charge in [-0.15, -0.1) is 0 Å². The van der Waals surface area contributed by atoms with Crippen LogP contribution in [0.25, 0.3) is 5.70 Å². The number of nitrogens with one attached hydrogen (secondary N) is 1. The zero-order valence-corrected chi connectivity index (χ0v) is 13.4. The van der Waals surface area contributed by atoms with E-state index in [-0.39, 0.29) is 5.57 Å². The highest BCUT2D eigenvalue weighted by molar-refractivity contribution is 6.30. The Kier molecular flexibility index (Phi) is 5.83. The number of benzene rings is 2. The highest BCUT2D eigenvalue weighted by Crippen LogP contribution is 2.22. The molecule has 0 saturated heterocycles. The monoisotopic (exact) mass is 339 g/mol. The maximum absolute atomic E-state index is 8.84. The molecule has 0 radical (unpaired) electrons. The molecule has 1 N–H and O–H groups in total. The van der Waals surface area contributed by atoms with Gasteiger partial charge in [-0.2, -0.15) is 10.5 Å². The van der Waals surface area contributed by atoms with Gasteiger partial charge in [0.15, 0.2) is 0 Å². The molecule has 0 fully saturated rings. The average Bonchev–Trinajstić information content (AvgIpc) is 2.57. The largest absolute Gasteiger partial charge is 0.355 e. The van der Waals surface area contributed by atoms with Crippen molar-refractivity contribution in [3.8, 4) is 12.1 Å². The Bertz CT molecular complexity index is 805. The van der Waals surface area contributed by atoms with Crippen LogP contribution in [0.15, 0.2) is 66.3 Å². The Hall–Kier alpha value is -2.72. The first-order valence-corrected chi connectivity index (χ1v) is 7.38. The van der Waals surface area contributed by atoms with Gasteiger partial charge in [0.1, 0.15) is 17.7 Å². The Morgan fingerprint density at radius 2 is 1.35 bits per heavy atom. The molecular weight excluding hydrogens is 329 g/mol. The SMILES string of the molecule is N#CC(C#N)=CC=C(Nc1ccc(Cl)cc1)c1ccc(Cl)cc1. The summed E-state index contributed by atoms with van der Waals surface area (Å²) in [5.74, 6) is 0. The molecule has 0 saturated carbocycles. The van der Waals surface area contributed by atoms with Gasteiger partial charge in [0, 0.05) is 21.4 Å². The lowest BCUT2D eigenvalue weighted by Crippen LogP contribution is -1.98. The lowest BCUT2D eigenvalue weighted by Gasteiger charge is -2.11. The lowest BCUT2D eigenvalue weighted by molar-refractivity contribution is 1.46. The van der Waals surface area contributed by atoms with E-state index in [1.165, 1.54) is 6.08 Å². The van der Waals surface area contributed by atoms with Crippen molar-refractivity contribution in [2.45, 2.75) is 0 Å². The molecule has 23 heavy (non-hydrogen) atoms. The summed E-state index contributed by atoms with van der Waals surface area (Å²) in [6, 6.07) is 18.1. The Morgan fingerprint density at radius 1 is 0.826 bits per heavy atom. The van der Waals surface area contributed by atoms with E-state index >= 15 is 0 Å². The molecule has 0 aromatic heterocycles. The van der Waals surface area contributed by atoms with Crippen LogP contribution in [0.3, 0.4) is 0 Å². The number of nitriles is 2. The standard InChI is InChI=1S/C18H11Cl2N3/c19-15-4-2-14(3-5-15)18(10-1-13(11-21)12-22)23-17-8-6-16(20)7-9-17/h1-10,23H. The topological polar surface area (TPSA) is 59.6 Å². The summed E-state index contributed by atoms with van der Waals surface area (Å²) in [4.78, 5) is 0. The molecule has 0 spiro atoms. The van der Waals surface area contributed by atoms with Crippen LogP contribution in [0, 0.1) is 22.7 Å². The number of hydrogen-bond donors (Lipinski definition) is 1. The van der Waals surface area contributed by atoms with Crippen LogP contribution in [0.5, 0.6) is 0 Å². The Balaban J connectivity index is 2.39. The van der Waals surface area contributed by atoms with Crippen molar-refractivity contribution in [1.29, 1.82) is 10.5 Å². The van der Waals surface area contributed by atoms with E-state index in [0.717, 1.165) is 16.9 Å². The summed E-state index contributed by atoms with van der Waals surface area (Å²) in [5, 5.41) is 22.2. The molecule has 0 amide bonds. The van der Waals surface area contributed by atoms with Gasteiger partial charge in [-0.05, 0) is 54.1 Å². The van der Waals surface area contributed by atoms with Gasteiger partial charge in [-0.3, -0.25) is 0 Å². The van der Waals surface area contributed by atoms with E-state index in [1.54, 1.807) is 30.3 Å². The average molecular weight is 340 g/mol. The zero-order valence-electron chi connectivity index (χ0n) is 11.9. The third kappa shape index (κ3) is 4.90. The van der Waals surface area contributed by atoms with Crippen LogP contribution < -0.4 is 5.32 Å². The molecule has 5 heteroatoms. The van der Waals surface area contributed by atoms with Crippen LogP contribution in [0.4, 0.5) is 5.69 Å². The van der Waals surface area contributed by atoms with E-state index < -0.39 is 0 Å². The molecule has 0 aliphatic heterocycles. The summed E-state index contributed by atoms with van der Waals surface area (Å²) in [7, 11) is 0. The minimum Gasteiger partial charge on any atom is -0.355 e.